The molecule has 4 heterocycles. The average Bonchev–Trinajstić information content (AvgIpc) is 3.65. The fourth-order valence-corrected chi connectivity index (χ4v) is 3.79. The smallest absolute Gasteiger partial charge is 0.266 e. The van der Waals surface area contributed by atoms with Gasteiger partial charge >= 0.3 is 0 Å². The van der Waals surface area contributed by atoms with Gasteiger partial charge in [0.2, 0.25) is 0 Å². The summed E-state index contributed by atoms with van der Waals surface area (Å²) in [5.74, 6) is 2.60. The monoisotopic (exact) mass is 403 g/mol. The van der Waals surface area contributed by atoms with Crippen molar-refractivity contribution in [1.29, 1.82) is 0 Å². The van der Waals surface area contributed by atoms with Crippen LogP contribution in [0.5, 0.6) is 0 Å². The van der Waals surface area contributed by atoms with Crippen molar-refractivity contribution in [2.45, 2.75) is 25.3 Å². The molecule has 0 unspecified atom stereocenters. The molecule has 0 radical (unpaired) electrons. The molecule has 0 amide bonds. The van der Waals surface area contributed by atoms with E-state index in [4.69, 9.17) is 4.98 Å². The van der Waals surface area contributed by atoms with E-state index in [0.29, 0.717) is 12.5 Å². The molecule has 0 atom stereocenters. The van der Waals surface area contributed by atoms with Crippen LogP contribution in [-0.2, 0) is 6.54 Å². The summed E-state index contributed by atoms with van der Waals surface area (Å²) >= 11 is 0. The van der Waals surface area contributed by atoms with Gasteiger partial charge in [0.1, 0.15) is 11.6 Å². The Balaban J connectivity index is 1.18. The van der Waals surface area contributed by atoms with Gasteiger partial charge in [-0.25, -0.2) is 14.6 Å². The Kier molecular flexibility index (Phi) is 5.23. The third-order valence-corrected chi connectivity index (χ3v) is 5.75. The van der Waals surface area contributed by atoms with E-state index in [-0.39, 0.29) is 5.56 Å². The number of aromatic nitrogens is 5. The highest BCUT2D eigenvalue weighted by molar-refractivity contribution is 5.56. The van der Waals surface area contributed by atoms with E-state index < -0.39 is 0 Å². The highest BCUT2D eigenvalue weighted by atomic mass is 16.1. The third-order valence-electron chi connectivity index (χ3n) is 5.75. The molecule has 3 aromatic rings. The minimum Gasteiger partial charge on any atom is -0.354 e. The van der Waals surface area contributed by atoms with Crippen LogP contribution in [-0.4, -0.2) is 62.4 Å². The van der Waals surface area contributed by atoms with Crippen LogP contribution >= 0.6 is 0 Å². The van der Waals surface area contributed by atoms with Gasteiger partial charge in [0.15, 0.2) is 0 Å². The molecule has 3 aromatic heterocycles. The predicted octanol–water partition coefficient (Wildman–Crippen LogP) is 1.79. The van der Waals surface area contributed by atoms with E-state index in [1.807, 2.05) is 24.4 Å². The van der Waals surface area contributed by atoms with Gasteiger partial charge in [-0.1, -0.05) is 0 Å². The molecule has 0 aromatic carbocycles. The van der Waals surface area contributed by atoms with Crippen molar-refractivity contribution in [1.82, 2.24) is 29.6 Å². The van der Waals surface area contributed by atoms with Crippen LogP contribution in [0.4, 0.5) is 5.82 Å². The molecule has 30 heavy (non-hydrogen) atoms. The molecular formula is C22H25N7O. The molecule has 0 spiro atoms. The van der Waals surface area contributed by atoms with Gasteiger partial charge < -0.3 is 4.90 Å². The molecule has 0 bridgehead atoms. The summed E-state index contributed by atoms with van der Waals surface area (Å²) in [5.41, 5.74) is 1.60. The molecule has 154 valence electrons. The molecule has 1 aliphatic heterocycles. The largest absolute Gasteiger partial charge is 0.354 e. The summed E-state index contributed by atoms with van der Waals surface area (Å²) in [5, 5.41) is 4.53. The molecule has 1 saturated carbocycles. The second-order valence-electron chi connectivity index (χ2n) is 7.90. The number of anilines is 1. The minimum absolute atomic E-state index is 0.0742. The van der Waals surface area contributed by atoms with Crippen molar-refractivity contribution >= 4 is 5.82 Å². The quantitative estimate of drug-likeness (QED) is 0.621. The first-order valence-corrected chi connectivity index (χ1v) is 10.5. The summed E-state index contributed by atoms with van der Waals surface area (Å²) in [6.07, 6.45) is 7.81. The van der Waals surface area contributed by atoms with Gasteiger partial charge in [0.05, 0.1) is 12.2 Å². The molecule has 0 N–H and O–H groups in total. The topological polar surface area (TPSA) is 80.0 Å². The van der Waals surface area contributed by atoms with Crippen LogP contribution in [0.3, 0.4) is 0 Å². The minimum atomic E-state index is -0.0742. The molecule has 5 rings (SSSR count). The SMILES string of the molecule is O=c1ccc(-c2cccnc2)nn1CCN1CCN(c2ccnc(C3CC3)n2)CC1. The standard InChI is InChI=1S/C22H25N7O/c30-21-6-5-19(18-2-1-8-23-16-18)26-29(21)15-12-27-10-13-28(14-11-27)20-7-9-24-22(25-20)17-3-4-17/h1-2,5-9,16-17H,3-4,10-15H2. The van der Waals surface area contributed by atoms with Gasteiger partial charge in [0.25, 0.3) is 5.56 Å². The van der Waals surface area contributed by atoms with Gasteiger partial charge in [-0.15, -0.1) is 0 Å². The second-order valence-corrected chi connectivity index (χ2v) is 7.90. The van der Waals surface area contributed by atoms with E-state index in [9.17, 15) is 4.79 Å². The first-order valence-electron chi connectivity index (χ1n) is 10.5. The zero-order chi connectivity index (χ0) is 20.3. The molecule has 2 fully saturated rings. The van der Waals surface area contributed by atoms with Crippen molar-refractivity contribution in [2.24, 2.45) is 0 Å². The van der Waals surface area contributed by atoms with Gasteiger partial charge in [-0.3, -0.25) is 14.7 Å². The van der Waals surface area contributed by atoms with Crippen molar-refractivity contribution in [3.63, 3.8) is 0 Å². The van der Waals surface area contributed by atoms with Gasteiger partial charge in [-0.05, 0) is 37.1 Å². The molecule has 2 aliphatic rings. The summed E-state index contributed by atoms with van der Waals surface area (Å²) in [4.78, 5) is 30.3. The van der Waals surface area contributed by atoms with Crippen LogP contribution in [0.2, 0.25) is 0 Å². The van der Waals surface area contributed by atoms with Gasteiger partial charge in [0, 0.05) is 68.9 Å². The molecule has 8 nitrogen and oxygen atoms in total. The van der Waals surface area contributed by atoms with Crippen LogP contribution < -0.4 is 10.5 Å². The lowest BCUT2D eigenvalue weighted by Gasteiger charge is -2.35. The van der Waals surface area contributed by atoms with E-state index >= 15 is 0 Å². The molecule has 1 saturated heterocycles. The first kappa shape index (κ1) is 18.9. The predicted molar refractivity (Wildman–Crippen MR) is 114 cm³/mol. The highest BCUT2D eigenvalue weighted by Crippen LogP contribution is 2.38. The van der Waals surface area contributed by atoms with E-state index in [1.165, 1.54) is 12.8 Å². The van der Waals surface area contributed by atoms with Crippen LogP contribution in [0.15, 0.2) is 53.7 Å². The van der Waals surface area contributed by atoms with Crippen molar-refractivity contribution < 1.29 is 0 Å². The number of nitrogens with zero attached hydrogens (tertiary/aromatic N) is 7. The highest BCUT2D eigenvalue weighted by Gasteiger charge is 2.27. The number of hydrogen-bond donors (Lipinski definition) is 0. The summed E-state index contributed by atoms with van der Waals surface area (Å²) in [6, 6.07) is 9.17. The fourth-order valence-electron chi connectivity index (χ4n) is 3.79. The second kappa shape index (κ2) is 8.31. The Morgan fingerprint density at radius 3 is 2.60 bits per heavy atom. The lowest BCUT2D eigenvalue weighted by molar-refractivity contribution is 0.242. The third kappa shape index (κ3) is 4.23. The Morgan fingerprint density at radius 2 is 1.83 bits per heavy atom. The maximum absolute atomic E-state index is 12.2. The van der Waals surface area contributed by atoms with Crippen LogP contribution in [0.1, 0.15) is 24.6 Å². The molecule has 8 heteroatoms. The zero-order valence-corrected chi connectivity index (χ0v) is 16.9. The average molecular weight is 403 g/mol. The maximum atomic E-state index is 12.2. The Morgan fingerprint density at radius 1 is 0.967 bits per heavy atom. The maximum Gasteiger partial charge on any atom is 0.266 e. The van der Waals surface area contributed by atoms with E-state index in [2.05, 4.69) is 24.9 Å². The Bertz CT molecular complexity index is 1060. The summed E-state index contributed by atoms with van der Waals surface area (Å²) < 4.78 is 1.56. The Hall–Kier alpha value is -3.13. The van der Waals surface area contributed by atoms with Crippen molar-refractivity contribution in [2.75, 3.05) is 37.6 Å². The number of hydrogen-bond acceptors (Lipinski definition) is 7. The van der Waals surface area contributed by atoms with Crippen molar-refractivity contribution in [3.8, 4) is 11.3 Å². The fraction of sp³-hybridized carbons (Fsp3) is 0.409. The Labute approximate surface area is 175 Å². The lowest BCUT2D eigenvalue weighted by atomic mass is 10.2. The normalized spacial score (nSPS) is 17.3. The van der Waals surface area contributed by atoms with E-state index in [0.717, 1.165) is 55.6 Å². The molecule has 1 aliphatic carbocycles. The molecular weight excluding hydrogens is 378 g/mol. The number of pyridine rings is 1. The summed E-state index contributed by atoms with van der Waals surface area (Å²) in [6.45, 7) is 5.12. The summed E-state index contributed by atoms with van der Waals surface area (Å²) in [7, 11) is 0. The van der Waals surface area contributed by atoms with Crippen molar-refractivity contribution in [3.05, 3.63) is 65.1 Å². The van der Waals surface area contributed by atoms with Crippen LogP contribution in [0, 0.1) is 0 Å². The zero-order valence-electron chi connectivity index (χ0n) is 16.9. The number of piperazine rings is 1. The van der Waals surface area contributed by atoms with Crippen LogP contribution in [0.25, 0.3) is 11.3 Å². The first-order chi connectivity index (χ1) is 14.8. The van der Waals surface area contributed by atoms with E-state index in [1.54, 1.807) is 29.2 Å². The lowest BCUT2D eigenvalue weighted by Crippen LogP contribution is -2.48. The number of rotatable bonds is 6. The van der Waals surface area contributed by atoms with Gasteiger partial charge in [-0.2, -0.15) is 5.10 Å².